The van der Waals surface area contributed by atoms with Crippen molar-refractivity contribution in [2.45, 2.75) is 98.3 Å². The zero-order valence-corrected chi connectivity index (χ0v) is 38.7. The maximum Gasteiger partial charge on any atom is 0.127 e. The van der Waals surface area contributed by atoms with E-state index in [0.717, 1.165) is 96.6 Å². The standard InChI is InChI=1S/2C16H25NO2.C16H19NO2.2ClH/c3*1-4-12-9-16(18-3)14(10-15(12)19-5-2)13-7-6-8-17-11-13;;/h2*9-10,13,17H,4-8,11H2,1-3H3;6-11H,4-5H2,1-3H3;2*1H/t2*13-;;;/m10.../s1. The van der Waals surface area contributed by atoms with E-state index in [4.69, 9.17) is 28.4 Å². The maximum atomic E-state index is 5.78. The summed E-state index contributed by atoms with van der Waals surface area (Å²) in [5, 5.41) is 6.94. The third-order valence-electron chi connectivity index (χ3n) is 10.7. The molecule has 4 aromatic rings. The quantitative estimate of drug-likeness (QED) is 0.121. The number of halogens is 2. The Morgan fingerprint density at radius 2 is 0.983 bits per heavy atom. The lowest BCUT2D eigenvalue weighted by Gasteiger charge is -2.26. The summed E-state index contributed by atoms with van der Waals surface area (Å²) in [5.41, 5.74) is 8.23. The fourth-order valence-electron chi connectivity index (χ4n) is 7.68. The van der Waals surface area contributed by atoms with Crippen LogP contribution in [-0.4, -0.2) is 72.3 Å². The van der Waals surface area contributed by atoms with Crippen LogP contribution in [0.1, 0.15) is 107 Å². The monoisotopic (exact) mass is 855 g/mol. The van der Waals surface area contributed by atoms with Gasteiger partial charge in [-0.2, -0.15) is 0 Å². The van der Waals surface area contributed by atoms with Crippen molar-refractivity contribution in [3.8, 4) is 45.6 Å². The number of hydrogen-bond donors (Lipinski definition) is 2. The predicted octanol–water partition coefficient (Wildman–Crippen LogP) is 10.8. The summed E-state index contributed by atoms with van der Waals surface area (Å²) < 4.78 is 34.0. The molecule has 2 aliphatic heterocycles. The Morgan fingerprint density at radius 1 is 0.559 bits per heavy atom. The third-order valence-corrected chi connectivity index (χ3v) is 10.7. The molecule has 2 fully saturated rings. The van der Waals surface area contributed by atoms with Gasteiger partial charge in [-0.05, 0) is 138 Å². The first kappa shape index (κ1) is 51.3. The highest BCUT2D eigenvalue weighted by Gasteiger charge is 2.23. The first-order valence-electron chi connectivity index (χ1n) is 21.2. The van der Waals surface area contributed by atoms with Gasteiger partial charge in [-0.3, -0.25) is 4.98 Å². The number of aromatic nitrogens is 1. The van der Waals surface area contributed by atoms with Crippen LogP contribution < -0.4 is 39.1 Å². The zero-order chi connectivity index (χ0) is 41.0. The number of benzene rings is 3. The second-order valence-corrected chi connectivity index (χ2v) is 14.3. The van der Waals surface area contributed by atoms with Crippen molar-refractivity contribution in [3.63, 3.8) is 0 Å². The number of nitrogens with zero attached hydrogens (tertiary/aromatic N) is 1. The van der Waals surface area contributed by atoms with E-state index in [-0.39, 0.29) is 24.8 Å². The first-order valence-corrected chi connectivity index (χ1v) is 21.2. The molecule has 2 saturated heterocycles. The van der Waals surface area contributed by atoms with E-state index in [1.54, 1.807) is 27.5 Å². The molecule has 3 aromatic carbocycles. The summed E-state index contributed by atoms with van der Waals surface area (Å²) in [6.07, 6.45) is 11.4. The Morgan fingerprint density at radius 3 is 1.32 bits per heavy atom. The molecule has 11 heteroatoms. The van der Waals surface area contributed by atoms with E-state index >= 15 is 0 Å². The van der Waals surface area contributed by atoms with Gasteiger partial charge in [0.15, 0.2) is 0 Å². The van der Waals surface area contributed by atoms with Gasteiger partial charge in [-0.25, -0.2) is 0 Å². The summed E-state index contributed by atoms with van der Waals surface area (Å²) in [4.78, 5) is 4.16. The molecule has 9 nitrogen and oxygen atoms in total. The minimum atomic E-state index is 0. The lowest BCUT2D eigenvalue weighted by molar-refractivity contribution is 0.332. The van der Waals surface area contributed by atoms with E-state index in [1.807, 2.05) is 51.2 Å². The highest BCUT2D eigenvalue weighted by molar-refractivity contribution is 5.85. The highest BCUT2D eigenvalue weighted by Crippen LogP contribution is 2.39. The second kappa shape index (κ2) is 27.8. The van der Waals surface area contributed by atoms with E-state index in [1.165, 1.54) is 47.9 Å². The van der Waals surface area contributed by atoms with Gasteiger partial charge >= 0.3 is 0 Å². The highest BCUT2D eigenvalue weighted by atomic mass is 35.5. The van der Waals surface area contributed by atoms with Crippen LogP contribution in [0.25, 0.3) is 11.1 Å². The van der Waals surface area contributed by atoms with E-state index < -0.39 is 0 Å². The molecule has 0 amide bonds. The van der Waals surface area contributed by atoms with Gasteiger partial charge in [0.1, 0.15) is 34.5 Å². The molecule has 59 heavy (non-hydrogen) atoms. The molecule has 2 aliphatic rings. The van der Waals surface area contributed by atoms with E-state index in [9.17, 15) is 0 Å². The van der Waals surface area contributed by atoms with Gasteiger partial charge in [0.2, 0.25) is 0 Å². The van der Waals surface area contributed by atoms with Crippen LogP contribution >= 0.6 is 24.8 Å². The molecule has 328 valence electrons. The summed E-state index contributed by atoms with van der Waals surface area (Å²) in [6, 6.07) is 16.7. The van der Waals surface area contributed by atoms with Crippen LogP contribution in [0, 0.1) is 0 Å². The number of pyridine rings is 1. The van der Waals surface area contributed by atoms with Crippen LogP contribution in [0.2, 0.25) is 0 Å². The maximum absolute atomic E-state index is 5.78. The Hall–Kier alpha value is -3.89. The normalized spacial score (nSPS) is 15.7. The summed E-state index contributed by atoms with van der Waals surface area (Å²) in [6.45, 7) is 18.9. The van der Waals surface area contributed by atoms with Crippen LogP contribution in [0.4, 0.5) is 0 Å². The van der Waals surface area contributed by atoms with Crippen molar-refractivity contribution < 1.29 is 28.4 Å². The number of methoxy groups -OCH3 is 3. The predicted molar refractivity (Wildman–Crippen MR) is 248 cm³/mol. The molecule has 3 heterocycles. The molecule has 0 bridgehead atoms. The van der Waals surface area contributed by atoms with Crippen molar-refractivity contribution >= 4 is 24.8 Å². The molecular formula is C48H71Cl2N3O6. The molecular weight excluding hydrogens is 785 g/mol. The SMILES string of the molecule is CCOc1cc(-c2cccnc2)c(OC)cc1CC.CCOc1cc([C@@H]2CCCNC2)c(OC)cc1CC.CCOc1cc([C@H]2CCCNC2)c(OC)cc1CC.Cl.Cl. The third kappa shape index (κ3) is 14.4. The number of piperidine rings is 2. The van der Waals surface area contributed by atoms with E-state index in [0.29, 0.717) is 31.7 Å². The lowest BCUT2D eigenvalue weighted by Crippen LogP contribution is -2.28. The smallest absolute Gasteiger partial charge is 0.127 e. The number of aryl methyl sites for hydroxylation is 3. The fourth-order valence-corrected chi connectivity index (χ4v) is 7.68. The molecule has 0 saturated carbocycles. The van der Waals surface area contributed by atoms with Crippen molar-refractivity contribution in [2.24, 2.45) is 0 Å². The second-order valence-electron chi connectivity index (χ2n) is 14.3. The van der Waals surface area contributed by atoms with Crippen molar-refractivity contribution in [1.29, 1.82) is 0 Å². The molecule has 2 atom stereocenters. The number of nitrogens with one attached hydrogen (secondary N) is 2. The number of ether oxygens (including phenoxy) is 6. The fraction of sp³-hybridized carbons (Fsp3) is 0.521. The van der Waals surface area contributed by atoms with Crippen molar-refractivity contribution in [3.05, 3.63) is 88.7 Å². The van der Waals surface area contributed by atoms with Crippen molar-refractivity contribution in [2.75, 3.05) is 67.3 Å². The Balaban J connectivity index is 0.000000300. The van der Waals surface area contributed by atoms with Gasteiger partial charge in [0.25, 0.3) is 0 Å². The van der Waals surface area contributed by atoms with Crippen LogP contribution in [0.3, 0.4) is 0 Å². The molecule has 0 unspecified atom stereocenters. The van der Waals surface area contributed by atoms with Gasteiger partial charge in [0.05, 0.1) is 41.2 Å². The van der Waals surface area contributed by atoms with E-state index in [2.05, 4.69) is 60.7 Å². The summed E-state index contributed by atoms with van der Waals surface area (Å²) in [7, 11) is 5.21. The van der Waals surface area contributed by atoms with Crippen molar-refractivity contribution in [1.82, 2.24) is 15.6 Å². The van der Waals surface area contributed by atoms with Gasteiger partial charge < -0.3 is 39.1 Å². The zero-order valence-electron chi connectivity index (χ0n) is 37.0. The molecule has 0 radical (unpaired) electrons. The average molecular weight is 857 g/mol. The minimum Gasteiger partial charge on any atom is -0.496 e. The Kier molecular flexibility index (Phi) is 24.1. The summed E-state index contributed by atoms with van der Waals surface area (Å²) >= 11 is 0. The minimum absolute atomic E-state index is 0. The average Bonchev–Trinajstić information content (AvgIpc) is 3.27. The van der Waals surface area contributed by atoms with Crippen LogP contribution in [0.15, 0.2) is 60.9 Å². The number of hydrogen-bond acceptors (Lipinski definition) is 9. The molecule has 0 spiro atoms. The molecule has 2 N–H and O–H groups in total. The Bertz CT molecular complexity index is 1700. The number of rotatable bonds is 15. The first-order chi connectivity index (χ1) is 27.9. The van der Waals surface area contributed by atoms with Crippen LogP contribution in [0.5, 0.6) is 34.5 Å². The van der Waals surface area contributed by atoms with Crippen LogP contribution in [-0.2, 0) is 19.3 Å². The van der Waals surface area contributed by atoms with Gasteiger partial charge in [-0.1, -0.05) is 26.8 Å². The molecule has 6 rings (SSSR count). The molecule has 1 aromatic heterocycles. The largest absolute Gasteiger partial charge is 0.496 e. The van der Waals surface area contributed by atoms with Gasteiger partial charge in [0, 0.05) is 59.6 Å². The molecule has 0 aliphatic carbocycles. The Labute approximate surface area is 367 Å². The lowest BCUT2D eigenvalue weighted by atomic mass is 9.89. The summed E-state index contributed by atoms with van der Waals surface area (Å²) in [5.74, 6) is 6.90. The van der Waals surface area contributed by atoms with Gasteiger partial charge in [-0.15, -0.1) is 24.8 Å². The topological polar surface area (TPSA) is 92.3 Å².